The van der Waals surface area contributed by atoms with Crippen molar-refractivity contribution < 1.29 is 14.7 Å². The van der Waals surface area contributed by atoms with Gasteiger partial charge in [0.05, 0.1) is 13.1 Å². The molecule has 0 radical (unpaired) electrons. The summed E-state index contributed by atoms with van der Waals surface area (Å²) >= 11 is 0. The van der Waals surface area contributed by atoms with Crippen LogP contribution in [0.25, 0.3) is 0 Å². The number of nitrogens with zero attached hydrogens (tertiary/aromatic N) is 2. The van der Waals surface area contributed by atoms with Crippen molar-refractivity contribution in [3.8, 4) is 0 Å². The Hall–Kier alpha value is -3.56. The minimum atomic E-state index is -0.889. The van der Waals surface area contributed by atoms with Crippen molar-refractivity contribution >= 4 is 23.4 Å². The second-order valence-corrected chi connectivity index (χ2v) is 9.25. The molecule has 35 heavy (non-hydrogen) atoms. The number of ketones is 1. The molecule has 0 aromatic heterocycles. The van der Waals surface area contributed by atoms with Crippen LogP contribution >= 0.6 is 0 Å². The van der Waals surface area contributed by atoms with E-state index in [0.717, 1.165) is 46.2 Å². The van der Waals surface area contributed by atoms with Gasteiger partial charge in [-0.1, -0.05) is 29.7 Å². The third kappa shape index (κ3) is 6.74. The van der Waals surface area contributed by atoms with Crippen molar-refractivity contribution in [2.45, 2.75) is 46.2 Å². The Labute approximate surface area is 205 Å². The molecule has 2 aromatic rings. The number of aryl methyl sites for hydroxylation is 2. The molecule has 184 valence electrons. The number of carbonyl (C=O) groups is 2. The number of Topliss-reactive ketones (excluding diaryl/α,β-unsaturated/α-hetero) is 1. The molecule has 0 bridgehead atoms. The van der Waals surface area contributed by atoms with E-state index in [4.69, 9.17) is 5.11 Å². The second-order valence-electron chi connectivity index (χ2n) is 9.25. The molecule has 0 unspecified atom stereocenters. The van der Waals surface area contributed by atoms with E-state index in [2.05, 4.69) is 37.8 Å². The Balaban J connectivity index is 1.38. The number of carbonyl (C=O) groups excluding carboxylic acids is 1. The number of carboxylic acid groups (broad SMARTS) is 1. The van der Waals surface area contributed by atoms with E-state index in [1.807, 2.05) is 44.2 Å². The lowest BCUT2D eigenvalue weighted by Gasteiger charge is -2.23. The number of aliphatic carboxylic acids is 1. The Bertz CT molecular complexity index is 1170. The van der Waals surface area contributed by atoms with Crippen LogP contribution in [-0.2, 0) is 22.7 Å². The summed E-state index contributed by atoms with van der Waals surface area (Å²) in [6, 6.07) is 12.1. The van der Waals surface area contributed by atoms with E-state index in [-0.39, 0.29) is 12.5 Å². The fourth-order valence-electron chi connectivity index (χ4n) is 4.25. The zero-order valence-electron chi connectivity index (χ0n) is 20.1. The first kappa shape index (κ1) is 24.6. The highest BCUT2D eigenvalue weighted by molar-refractivity contribution is 6.06. The van der Waals surface area contributed by atoms with Gasteiger partial charge in [0.25, 0.3) is 0 Å². The molecule has 0 amide bonds. The zero-order valence-corrected chi connectivity index (χ0v) is 20.1. The average molecular weight is 477 g/mol. The van der Waals surface area contributed by atoms with Crippen LogP contribution in [0, 0.1) is 19.8 Å². The summed E-state index contributed by atoms with van der Waals surface area (Å²) in [4.78, 5) is 22.9. The smallest absolute Gasteiger partial charge is 0.317 e. The molecule has 0 atom stereocenters. The van der Waals surface area contributed by atoms with Crippen molar-refractivity contribution in [3.63, 3.8) is 0 Å². The number of rotatable bonds is 11. The SMILES string of the molecule is Cc1cc(CNCC(=O)O)cc(C2=NNC(c3cc(C)cc(CNCC(=O)C4CCC4)c3)=NN2)c1. The summed E-state index contributed by atoms with van der Waals surface area (Å²) in [6.45, 7) is 5.39. The highest BCUT2D eigenvalue weighted by Crippen LogP contribution is 2.26. The van der Waals surface area contributed by atoms with Gasteiger partial charge in [0.1, 0.15) is 5.78 Å². The molecule has 1 saturated carbocycles. The Kier molecular flexibility index (Phi) is 7.89. The first-order valence-corrected chi connectivity index (χ1v) is 11.9. The van der Waals surface area contributed by atoms with Crippen molar-refractivity contribution in [1.82, 2.24) is 21.5 Å². The lowest BCUT2D eigenvalue weighted by atomic mass is 9.82. The Morgan fingerprint density at radius 1 is 0.857 bits per heavy atom. The van der Waals surface area contributed by atoms with Crippen LogP contribution in [0.5, 0.6) is 0 Å². The van der Waals surface area contributed by atoms with Crippen LogP contribution in [0.1, 0.15) is 52.6 Å². The van der Waals surface area contributed by atoms with Crippen LogP contribution in [-0.4, -0.2) is 41.6 Å². The number of amidine groups is 2. The monoisotopic (exact) mass is 476 g/mol. The number of nitrogens with one attached hydrogen (secondary N) is 4. The summed E-state index contributed by atoms with van der Waals surface area (Å²) < 4.78 is 0. The summed E-state index contributed by atoms with van der Waals surface area (Å²) in [5.74, 6) is 0.867. The van der Waals surface area contributed by atoms with Crippen molar-refractivity contribution in [1.29, 1.82) is 0 Å². The third-order valence-corrected chi connectivity index (χ3v) is 6.16. The molecule has 5 N–H and O–H groups in total. The molecule has 1 aliphatic heterocycles. The van der Waals surface area contributed by atoms with Crippen LogP contribution in [0.4, 0.5) is 0 Å². The van der Waals surface area contributed by atoms with Gasteiger partial charge < -0.3 is 15.7 Å². The van der Waals surface area contributed by atoms with E-state index in [0.29, 0.717) is 37.1 Å². The van der Waals surface area contributed by atoms with Gasteiger partial charge in [-0.05, 0) is 62.1 Å². The van der Waals surface area contributed by atoms with Gasteiger partial charge in [0.2, 0.25) is 0 Å². The first-order valence-electron chi connectivity index (χ1n) is 11.9. The van der Waals surface area contributed by atoms with Crippen molar-refractivity contribution in [3.05, 3.63) is 69.8 Å². The molecule has 9 heteroatoms. The number of carboxylic acids is 1. The standard InChI is InChI=1S/C26H32N6O3/c1-16-6-18(12-27-14-23(33)20-4-3-5-20)10-21(8-16)25-29-31-26(32-30-25)22-9-17(2)7-19(11-22)13-28-15-24(34)35/h6-11,20,27-28H,3-5,12-15H2,1-2H3,(H,29,30)(H,31,32)(H,34,35). The number of benzene rings is 2. The maximum Gasteiger partial charge on any atom is 0.317 e. The van der Waals surface area contributed by atoms with Gasteiger partial charge in [-0.3, -0.25) is 20.4 Å². The quantitative estimate of drug-likeness (QED) is 0.336. The highest BCUT2D eigenvalue weighted by atomic mass is 16.4. The lowest BCUT2D eigenvalue weighted by molar-refractivity contribution is -0.136. The van der Waals surface area contributed by atoms with Crippen LogP contribution in [0.3, 0.4) is 0 Å². The van der Waals surface area contributed by atoms with Gasteiger partial charge in [0.15, 0.2) is 11.7 Å². The molecule has 1 aliphatic carbocycles. The Morgan fingerprint density at radius 3 is 1.80 bits per heavy atom. The van der Waals surface area contributed by atoms with Gasteiger partial charge >= 0.3 is 5.97 Å². The molecule has 1 fully saturated rings. The maximum absolute atomic E-state index is 12.1. The second kappa shape index (κ2) is 11.2. The Morgan fingerprint density at radius 2 is 1.37 bits per heavy atom. The molecular weight excluding hydrogens is 444 g/mol. The van der Waals surface area contributed by atoms with Gasteiger partial charge in [-0.15, -0.1) is 0 Å². The minimum absolute atomic E-state index is 0.0947. The number of hydrogen-bond acceptors (Lipinski definition) is 8. The molecule has 0 spiro atoms. The summed E-state index contributed by atoms with van der Waals surface area (Å²) in [7, 11) is 0. The molecule has 2 aromatic carbocycles. The van der Waals surface area contributed by atoms with E-state index in [1.54, 1.807) is 0 Å². The lowest BCUT2D eigenvalue weighted by Crippen LogP contribution is -2.35. The van der Waals surface area contributed by atoms with Crippen LogP contribution < -0.4 is 21.5 Å². The summed E-state index contributed by atoms with van der Waals surface area (Å²) in [5, 5.41) is 24.0. The molecule has 4 rings (SSSR count). The maximum atomic E-state index is 12.1. The molecule has 1 heterocycles. The predicted molar refractivity (Wildman–Crippen MR) is 135 cm³/mol. The molecule has 0 saturated heterocycles. The van der Waals surface area contributed by atoms with Crippen LogP contribution in [0.2, 0.25) is 0 Å². The summed E-state index contributed by atoms with van der Waals surface area (Å²) in [6.07, 6.45) is 3.23. The first-order chi connectivity index (χ1) is 16.9. The third-order valence-electron chi connectivity index (χ3n) is 6.16. The molecule has 2 aliphatic rings. The van der Waals surface area contributed by atoms with E-state index >= 15 is 0 Å². The van der Waals surface area contributed by atoms with E-state index in [1.165, 1.54) is 6.42 Å². The molecular formula is C26H32N6O3. The molecule has 9 nitrogen and oxygen atoms in total. The van der Waals surface area contributed by atoms with Crippen LogP contribution in [0.15, 0.2) is 46.6 Å². The van der Waals surface area contributed by atoms with Gasteiger partial charge in [-0.2, -0.15) is 10.2 Å². The van der Waals surface area contributed by atoms with E-state index in [9.17, 15) is 9.59 Å². The normalized spacial score (nSPS) is 15.4. The minimum Gasteiger partial charge on any atom is -0.480 e. The average Bonchev–Trinajstić information content (AvgIpc) is 2.77. The van der Waals surface area contributed by atoms with E-state index < -0.39 is 5.97 Å². The highest BCUT2D eigenvalue weighted by Gasteiger charge is 2.24. The van der Waals surface area contributed by atoms with Gasteiger partial charge in [0, 0.05) is 30.1 Å². The summed E-state index contributed by atoms with van der Waals surface area (Å²) in [5.41, 5.74) is 12.0. The number of hydrazone groups is 2. The fourth-order valence-corrected chi connectivity index (χ4v) is 4.25. The van der Waals surface area contributed by atoms with Crippen molar-refractivity contribution in [2.75, 3.05) is 13.1 Å². The fraction of sp³-hybridized carbons (Fsp3) is 0.385. The zero-order chi connectivity index (χ0) is 24.8. The topological polar surface area (TPSA) is 127 Å². The van der Waals surface area contributed by atoms with Gasteiger partial charge in [-0.25, -0.2) is 0 Å². The largest absolute Gasteiger partial charge is 0.480 e. The number of hydrogen-bond donors (Lipinski definition) is 5. The predicted octanol–water partition coefficient (Wildman–Crippen LogP) is 2.15. The van der Waals surface area contributed by atoms with Crippen molar-refractivity contribution in [2.24, 2.45) is 16.1 Å².